The van der Waals surface area contributed by atoms with E-state index in [-0.39, 0.29) is 18.8 Å². The predicted octanol–water partition coefficient (Wildman–Crippen LogP) is 6.60. The smallest absolute Gasteiger partial charge is 0.362 e. The summed E-state index contributed by atoms with van der Waals surface area (Å²) in [4.78, 5) is 0. The van der Waals surface area contributed by atoms with E-state index in [0.29, 0.717) is 35.5 Å². The number of aliphatic hydroxyl groups is 1. The minimum absolute atomic E-state index is 0.175. The Bertz CT molecular complexity index is 642. The molecular weight excluding hydrogens is 439 g/mol. The van der Waals surface area contributed by atoms with Gasteiger partial charge in [0.05, 0.1) is 18.8 Å². The summed E-state index contributed by atoms with van der Waals surface area (Å²) in [5.41, 5.74) is 0. The third kappa shape index (κ3) is 6.83. The van der Waals surface area contributed by atoms with E-state index in [1.165, 1.54) is 0 Å². The topological polar surface area (TPSA) is 74.2 Å². The second-order valence-corrected chi connectivity index (χ2v) is 14.3. The lowest BCUT2D eigenvalue weighted by Crippen LogP contribution is -2.40. The molecule has 0 bridgehead atoms. The Morgan fingerprint density at radius 1 is 0.879 bits per heavy atom. The van der Waals surface area contributed by atoms with E-state index < -0.39 is 25.3 Å². The Morgan fingerprint density at radius 3 is 1.70 bits per heavy atom. The lowest BCUT2D eigenvalue weighted by Gasteiger charge is -2.43. The lowest BCUT2D eigenvalue weighted by molar-refractivity contribution is -0.147. The van der Waals surface area contributed by atoms with Crippen molar-refractivity contribution in [3.05, 3.63) is 0 Å². The van der Waals surface area contributed by atoms with Crippen LogP contribution in [0.3, 0.4) is 0 Å². The van der Waals surface area contributed by atoms with Crippen molar-refractivity contribution in [2.45, 2.75) is 124 Å². The summed E-state index contributed by atoms with van der Waals surface area (Å²) in [6, 6.07) is 0. The highest BCUT2D eigenvalue weighted by Crippen LogP contribution is 2.60. The van der Waals surface area contributed by atoms with Crippen molar-refractivity contribution < 1.29 is 28.2 Å². The van der Waals surface area contributed by atoms with Gasteiger partial charge < -0.3 is 23.6 Å². The van der Waals surface area contributed by atoms with E-state index in [1.54, 1.807) is 0 Å². The molecule has 7 heteroatoms. The van der Waals surface area contributed by atoms with Crippen LogP contribution in [0, 0.1) is 35.5 Å². The van der Waals surface area contributed by atoms with Gasteiger partial charge in [-0.2, -0.15) is 0 Å². The predicted molar refractivity (Wildman–Crippen MR) is 131 cm³/mol. The first-order valence-electron chi connectivity index (χ1n) is 13.3. The minimum Gasteiger partial charge on any atom is -0.378 e. The first-order valence-corrected chi connectivity index (χ1v) is 14.9. The second-order valence-electron chi connectivity index (χ2n) is 12.3. The summed E-state index contributed by atoms with van der Waals surface area (Å²) in [5, 5.41) is 11.4. The maximum atomic E-state index is 14.6. The molecule has 2 saturated carbocycles. The van der Waals surface area contributed by atoms with E-state index in [4.69, 9.17) is 18.5 Å². The largest absolute Gasteiger partial charge is 0.378 e. The van der Waals surface area contributed by atoms with E-state index in [0.717, 1.165) is 38.5 Å². The molecule has 0 aromatic rings. The molecule has 33 heavy (non-hydrogen) atoms. The second kappa shape index (κ2) is 11.0. The van der Waals surface area contributed by atoms with E-state index in [9.17, 15) is 9.67 Å². The van der Waals surface area contributed by atoms with Crippen molar-refractivity contribution in [1.29, 1.82) is 0 Å². The van der Waals surface area contributed by atoms with Gasteiger partial charge in [-0.15, -0.1) is 0 Å². The molecule has 1 aliphatic heterocycles. The van der Waals surface area contributed by atoms with Crippen LogP contribution in [0.5, 0.6) is 0 Å². The van der Waals surface area contributed by atoms with Crippen LogP contribution >= 0.6 is 7.60 Å². The summed E-state index contributed by atoms with van der Waals surface area (Å²) >= 11 is 0. The average molecular weight is 489 g/mol. The standard InChI is InChI=1S/C26H49O6P/c1-16(2)20-11-9-18(5)13-22(20)31-33(28,25(27)24-15-29-26(7,8)30-24)32-23-14-19(6)10-12-21(23)17(3)4/h16-25,27H,9-15H2,1-8H3/t18-,19+,20-,21+,22-,23-,24+,25+,33?/m1/s1. The quantitative estimate of drug-likeness (QED) is 0.388. The van der Waals surface area contributed by atoms with Crippen molar-refractivity contribution in [3.63, 3.8) is 0 Å². The Hall–Kier alpha value is 0.0300. The van der Waals surface area contributed by atoms with Crippen LogP contribution in [0.25, 0.3) is 0 Å². The molecule has 0 radical (unpaired) electrons. The summed E-state index contributed by atoms with van der Waals surface area (Å²) in [6.07, 6.45) is 4.96. The van der Waals surface area contributed by atoms with E-state index in [1.807, 2.05) is 13.8 Å². The number of rotatable bonds is 8. The number of hydrogen-bond acceptors (Lipinski definition) is 6. The molecule has 9 atom stereocenters. The van der Waals surface area contributed by atoms with Gasteiger partial charge in [-0.1, -0.05) is 54.4 Å². The van der Waals surface area contributed by atoms with Gasteiger partial charge in [0.15, 0.2) is 11.6 Å². The normalized spacial score (nSPS) is 40.2. The zero-order valence-corrected chi connectivity index (χ0v) is 23.1. The molecule has 2 aliphatic carbocycles. The number of hydrogen-bond donors (Lipinski definition) is 1. The van der Waals surface area contributed by atoms with Crippen molar-refractivity contribution in [2.75, 3.05) is 6.61 Å². The van der Waals surface area contributed by atoms with E-state index >= 15 is 0 Å². The van der Waals surface area contributed by atoms with Gasteiger partial charge in [-0.25, -0.2) is 0 Å². The summed E-state index contributed by atoms with van der Waals surface area (Å²) in [6.45, 7) is 17.0. The van der Waals surface area contributed by atoms with Crippen LogP contribution in [-0.2, 0) is 23.1 Å². The van der Waals surface area contributed by atoms with Crippen molar-refractivity contribution in [2.24, 2.45) is 35.5 Å². The maximum Gasteiger partial charge on any atom is 0.362 e. The highest BCUT2D eigenvalue weighted by atomic mass is 31.2. The molecule has 1 heterocycles. The SMILES string of the molecule is CC(C)[C@H]1CC[C@@H](C)C[C@H]1OP(=O)(O[C@@H]1C[C@@H](C)CC[C@H]1C(C)C)[C@H](O)[C@@H]1COC(C)(C)O1. The molecule has 1 unspecified atom stereocenters. The van der Waals surface area contributed by atoms with E-state index in [2.05, 4.69) is 41.5 Å². The third-order valence-electron chi connectivity index (χ3n) is 8.17. The minimum atomic E-state index is -3.91. The summed E-state index contributed by atoms with van der Waals surface area (Å²) in [5.74, 6) is 0.234. The highest BCUT2D eigenvalue weighted by molar-refractivity contribution is 7.54. The van der Waals surface area contributed by atoms with Gasteiger partial charge in [0.1, 0.15) is 6.10 Å². The lowest BCUT2D eigenvalue weighted by atomic mass is 9.75. The molecule has 3 rings (SSSR count). The van der Waals surface area contributed by atoms with Gasteiger partial charge in [-0.05, 0) is 75.0 Å². The average Bonchev–Trinajstić information content (AvgIpc) is 3.06. The van der Waals surface area contributed by atoms with Crippen molar-refractivity contribution in [3.8, 4) is 0 Å². The zero-order valence-electron chi connectivity index (χ0n) is 22.2. The molecule has 0 aromatic carbocycles. The van der Waals surface area contributed by atoms with Crippen LogP contribution in [0.4, 0.5) is 0 Å². The van der Waals surface area contributed by atoms with Crippen LogP contribution in [-0.4, -0.2) is 41.7 Å². The van der Waals surface area contributed by atoms with Gasteiger partial charge in [0.2, 0.25) is 0 Å². The molecule has 1 N–H and O–H groups in total. The van der Waals surface area contributed by atoms with Crippen molar-refractivity contribution >= 4 is 7.60 Å². The Morgan fingerprint density at radius 2 is 1.33 bits per heavy atom. The number of ether oxygens (including phenoxy) is 2. The van der Waals surface area contributed by atoms with Crippen LogP contribution in [0.1, 0.15) is 93.9 Å². The molecule has 0 spiro atoms. The van der Waals surface area contributed by atoms with Gasteiger partial charge >= 0.3 is 7.60 Å². The number of aliphatic hydroxyl groups excluding tert-OH is 1. The molecular formula is C26H49O6P. The fourth-order valence-electron chi connectivity index (χ4n) is 6.06. The fourth-order valence-corrected chi connectivity index (χ4v) is 8.16. The fraction of sp³-hybridized carbons (Fsp3) is 1.00. The summed E-state index contributed by atoms with van der Waals surface area (Å²) in [7, 11) is -3.91. The van der Waals surface area contributed by atoms with Crippen LogP contribution < -0.4 is 0 Å². The molecule has 0 aromatic heterocycles. The third-order valence-corrected chi connectivity index (χ3v) is 10.3. The van der Waals surface area contributed by atoms with Crippen LogP contribution in [0.15, 0.2) is 0 Å². The van der Waals surface area contributed by atoms with Gasteiger partial charge in [0, 0.05) is 0 Å². The van der Waals surface area contributed by atoms with Crippen LogP contribution in [0.2, 0.25) is 0 Å². The van der Waals surface area contributed by atoms with Gasteiger partial charge in [0.25, 0.3) is 0 Å². The molecule has 0 amide bonds. The monoisotopic (exact) mass is 488 g/mol. The first kappa shape index (κ1) is 27.6. The Balaban J connectivity index is 1.89. The Labute approximate surface area is 202 Å². The van der Waals surface area contributed by atoms with Gasteiger partial charge in [-0.3, -0.25) is 4.57 Å². The Kier molecular flexibility index (Phi) is 9.18. The highest BCUT2D eigenvalue weighted by Gasteiger charge is 2.51. The zero-order chi connectivity index (χ0) is 24.6. The molecule has 3 fully saturated rings. The molecule has 1 saturated heterocycles. The molecule has 3 aliphatic rings. The maximum absolute atomic E-state index is 14.6. The molecule has 194 valence electrons. The first-order chi connectivity index (χ1) is 15.3. The molecule has 6 nitrogen and oxygen atoms in total. The van der Waals surface area contributed by atoms with Crippen molar-refractivity contribution in [1.82, 2.24) is 0 Å². The summed E-state index contributed by atoms with van der Waals surface area (Å²) < 4.78 is 39.1.